The third-order valence-electron chi connectivity index (χ3n) is 2.80. The van der Waals surface area contributed by atoms with E-state index < -0.39 is 0 Å². The molecule has 0 atom stereocenters. The molecule has 2 heterocycles. The predicted octanol–water partition coefficient (Wildman–Crippen LogP) is 2.39. The Balaban J connectivity index is 1.97. The molecule has 0 fully saturated rings. The van der Waals surface area contributed by atoms with E-state index in [0.29, 0.717) is 24.9 Å². The van der Waals surface area contributed by atoms with Crippen LogP contribution in [0.15, 0.2) is 21.9 Å². The number of rotatable bonds is 8. The van der Waals surface area contributed by atoms with Crippen molar-refractivity contribution >= 4 is 11.3 Å². The maximum absolute atomic E-state index is 9.06. The number of thiophene rings is 1. The summed E-state index contributed by atoms with van der Waals surface area (Å²) in [7, 11) is 0. The predicted molar refractivity (Wildman–Crippen MR) is 74.9 cm³/mol. The van der Waals surface area contributed by atoms with Crippen LogP contribution in [0.5, 0.6) is 0 Å². The van der Waals surface area contributed by atoms with Crippen LogP contribution in [-0.2, 0) is 6.54 Å². The molecule has 0 aromatic carbocycles. The summed E-state index contributed by atoms with van der Waals surface area (Å²) in [6.07, 6.45) is 2.23. The van der Waals surface area contributed by atoms with Crippen LogP contribution >= 0.6 is 11.3 Å². The molecular weight excluding hydrogens is 262 g/mol. The maximum Gasteiger partial charge on any atom is 0.257 e. The van der Waals surface area contributed by atoms with E-state index in [4.69, 9.17) is 9.52 Å². The van der Waals surface area contributed by atoms with E-state index >= 15 is 0 Å². The second-order valence-electron chi connectivity index (χ2n) is 4.33. The lowest BCUT2D eigenvalue weighted by molar-refractivity contribution is 0.177. The van der Waals surface area contributed by atoms with Gasteiger partial charge in [0.15, 0.2) is 0 Å². The van der Waals surface area contributed by atoms with Crippen LogP contribution in [0.4, 0.5) is 0 Å². The molecule has 0 amide bonds. The highest BCUT2D eigenvalue weighted by molar-refractivity contribution is 7.13. The third-order valence-corrected chi connectivity index (χ3v) is 3.66. The SMILES string of the molecule is CCCCN(CCO)Cc1nnc(-c2cccs2)o1. The molecule has 0 aliphatic carbocycles. The van der Waals surface area contributed by atoms with Crippen molar-refractivity contribution in [1.29, 1.82) is 0 Å². The van der Waals surface area contributed by atoms with Gasteiger partial charge in [-0.15, -0.1) is 21.5 Å². The molecule has 0 unspecified atom stereocenters. The largest absolute Gasteiger partial charge is 0.419 e. The standard InChI is InChI=1S/C13H19N3O2S/c1-2-3-6-16(7-8-17)10-12-14-15-13(18-12)11-5-4-9-19-11/h4-5,9,17H,2-3,6-8,10H2,1H3. The van der Waals surface area contributed by atoms with Crippen LogP contribution < -0.4 is 0 Å². The van der Waals surface area contributed by atoms with Crippen molar-refractivity contribution in [3.63, 3.8) is 0 Å². The van der Waals surface area contributed by atoms with Gasteiger partial charge in [-0.3, -0.25) is 4.90 Å². The van der Waals surface area contributed by atoms with Crippen LogP contribution in [0.1, 0.15) is 25.7 Å². The van der Waals surface area contributed by atoms with Gasteiger partial charge in [-0.2, -0.15) is 0 Å². The first-order chi connectivity index (χ1) is 9.33. The summed E-state index contributed by atoms with van der Waals surface area (Å²) in [4.78, 5) is 3.12. The lowest BCUT2D eigenvalue weighted by Crippen LogP contribution is -2.27. The van der Waals surface area contributed by atoms with Gasteiger partial charge in [0.25, 0.3) is 5.89 Å². The summed E-state index contributed by atoms with van der Waals surface area (Å²) in [6.45, 7) is 4.47. The van der Waals surface area contributed by atoms with Gasteiger partial charge in [-0.1, -0.05) is 19.4 Å². The molecule has 0 radical (unpaired) electrons. The number of unbranched alkanes of at least 4 members (excludes halogenated alkanes) is 1. The molecule has 0 saturated heterocycles. The van der Waals surface area contributed by atoms with Crippen molar-refractivity contribution in [1.82, 2.24) is 15.1 Å². The maximum atomic E-state index is 9.06. The first-order valence-corrected chi connectivity index (χ1v) is 7.41. The lowest BCUT2D eigenvalue weighted by atomic mass is 10.3. The molecule has 2 aromatic heterocycles. The Bertz CT molecular complexity index is 470. The van der Waals surface area contributed by atoms with Gasteiger partial charge in [0, 0.05) is 6.54 Å². The van der Waals surface area contributed by atoms with Crippen molar-refractivity contribution in [2.75, 3.05) is 19.7 Å². The molecule has 2 aromatic rings. The van der Waals surface area contributed by atoms with Gasteiger partial charge >= 0.3 is 0 Å². The normalized spacial score (nSPS) is 11.3. The minimum Gasteiger partial charge on any atom is -0.419 e. The summed E-state index contributed by atoms with van der Waals surface area (Å²) < 4.78 is 5.65. The topological polar surface area (TPSA) is 62.4 Å². The molecule has 2 rings (SSSR count). The molecule has 104 valence electrons. The molecular formula is C13H19N3O2S. The van der Waals surface area contributed by atoms with E-state index in [0.717, 1.165) is 24.3 Å². The fourth-order valence-corrected chi connectivity index (χ4v) is 2.45. The number of aliphatic hydroxyl groups is 1. The Kier molecular flexibility index (Phi) is 5.50. The van der Waals surface area contributed by atoms with Crippen molar-refractivity contribution < 1.29 is 9.52 Å². The van der Waals surface area contributed by atoms with Gasteiger partial charge in [-0.25, -0.2) is 0 Å². The summed E-state index contributed by atoms with van der Waals surface area (Å²) in [5, 5.41) is 19.2. The average molecular weight is 281 g/mol. The van der Waals surface area contributed by atoms with E-state index in [1.165, 1.54) is 0 Å². The molecule has 5 nitrogen and oxygen atoms in total. The Morgan fingerprint density at radius 3 is 2.95 bits per heavy atom. The van der Waals surface area contributed by atoms with Crippen molar-refractivity contribution in [3.8, 4) is 10.8 Å². The Hall–Kier alpha value is -1.24. The van der Waals surface area contributed by atoms with Crippen LogP contribution in [0.25, 0.3) is 10.8 Å². The van der Waals surface area contributed by atoms with E-state index in [1.54, 1.807) is 11.3 Å². The number of hydrogen-bond acceptors (Lipinski definition) is 6. The second-order valence-corrected chi connectivity index (χ2v) is 5.28. The summed E-state index contributed by atoms with van der Waals surface area (Å²) in [6, 6.07) is 3.92. The molecule has 1 N–H and O–H groups in total. The molecule has 0 spiro atoms. The Morgan fingerprint density at radius 1 is 1.37 bits per heavy atom. The molecule has 0 aliphatic rings. The minimum absolute atomic E-state index is 0.148. The van der Waals surface area contributed by atoms with Gasteiger partial charge in [0.1, 0.15) is 0 Å². The van der Waals surface area contributed by atoms with Gasteiger partial charge < -0.3 is 9.52 Å². The quantitative estimate of drug-likeness (QED) is 0.805. The lowest BCUT2D eigenvalue weighted by Gasteiger charge is -2.18. The number of hydrogen-bond donors (Lipinski definition) is 1. The Labute approximate surface area is 116 Å². The average Bonchev–Trinajstić information content (AvgIpc) is 3.06. The van der Waals surface area contributed by atoms with Gasteiger partial charge in [-0.05, 0) is 24.4 Å². The van der Waals surface area contributed by atoms with Crippen LogP contribution in [0.2, 0.25) is 0 Å². The number of aromatic nitrogens is 2. The highest BCUT2D eigenvalue weighted by Crippen LogP contribution is 2.23. The van der Waals surface area contributed by atoms with E-state index in [1.807, 2.05) is 17.5 Å². The van der Waals surface area contributed by atoms with Gasteiger partial charge in [0.05, 0.1) is 18.0 Å². The highest BCUT2D eigenvalue weighted by atomic mass is 32.1. The van der Waals surface area contributed by atoms with Crippen molar-refractivity contribution in [2.24, 2.45) is 0 Å². The fourth-order valence-electron chi connectivity index (χ4n) is 1.80. The first-order valence-electron chi connectivity index (χ1n) is 6.53. The molecule has 0 aliphatic heterocycles. The summed E-state index contributed by atoms with van der Waals surface area (Å²) in [5.41, 5.74) is 0. The monoisotopic (exact) mass is 281 g/mol. The van der Waals surface area contributed by atoms with E-state index in [9.17, 15) is 0 Å². The molecule has 6 heteroatoms. The third kappa shape index (κ3) is 4.12. The zero-order valence-corrected chi connectivity index (χ0v) is 11.9. The second kappa shape index (κ2) is 7.37. The molecule has 0 bridgehead atoms. The van der Waals surface area contributed by atoms with Crippen LogP contribution in [0.3, 0.4) is 0 Å². The Morgan fingerprint density at radius 2 is 2.26 bits per heavy atom. The van der Waals surface area contributed by atoms with Crippen molar-refractivity contribution in [3.05, 3.63) is 23.4 Å². The zero-order chi connectivity index (χ0) is 13.5. The van der Waals surface area contributed by atoms with Crippen LogP contribution in [0, 0.1) is 0 Å². The van der Waals surface area contributed by atoms with Crippen LogP contribution in [-0.4, -0.2) is 39.9 Å². The summed E-state index contributed by atoms with van der Waals surface area (Å²) >= 11 is 1.58. The first kappa shape index (κ1) is 14.2. The fraction of sp³-hybridized carbons (Fsp3) is 0.538. The molecule has 0 saturated carbocycles. The van der Waals surface area contributed by atoms with E-state index in [-0.39, 0.29) is 6.61 Å². The minimum atomic E-state index is 0.148. The zero-order valence-electron chi connectivity index (χ0n) is 11.1. The highest BCUT2D eigenvalue weighted by Gasteiger charge is 2.12. The summed E-state index contributed by atoms with van der Waals surface area (Å²) in [5.74, 6) is 1.18. The van der Waals surface area contributed by atoms with Gasteiger partial charge in [0.2, 0.25) is 5.89 Å². The smallest absolute Gasteiger partial charge is 0.257 e. The van der Waals surface area contributed by atoms with E-state index in [2.05, 4.69) is 22.0 Å². The number of aliphatic hydroxyl groups excluding tert-OH is 1. The number of nitrogens with zero attached hydrogens (tertiary/aromatic N) is 3. The molecule has 19 heavy (non-hydrogen) atoms. The van der Waals surface area contributed by atoms with Crippen molar-refractivity contribution in [2.45, 2.75) is 26.3 Å².